The Labute approximate surface area is 278 Å². The van der Waals surface area contributed by atoms with E-state index in [-0.39, 0.29) is 23.2 Å². The van der Waals surface area contributed by atoms with E-state index in [1.54, 1.807) is 19.2 Å². The van der Waals surface area contributed by atoms with Gasteiger partial charge in [-0.25, -0.2) is 8.78 Å². The summed E-state index contributed by atoms with van der Waals surface area (Å²) in [6.45, 7) is 9.94. The van der Waals surface area contributed by atoms with Crippen LogP contribution in [0.2, 0.25) is 0 Å². The highest BCUT2D eigenvalue weighted by Gasteiger charge is 2.44. The van der Waals surface area contributed by atoms with Gasteiger partial charge in [-0.1, -0.05) is 38.5 Å². The lowest BCUT2D eigenvalue weighted by molar-refractivity contribution is 0.217. The summed E-state index contributed by atoms with van der Waals surface area (Å²) >= 11 is 0. The SMILES string of the molecule is CC12CCCN1CC(F)C2.CCCc1c(C[C@@H]2CC[C@H](C)c3ccc(N)c(C#N)c32)nc(OC)nc1N1CC(c2cccc(F)c2)C1. The van der Waals surface area contributed by atoms with Crippen molar-refractivity contribution in [3.8, 4) is 12.1 Å². The molecule has 0 amide bonds. The predicted molar refractivity (Wildman–Crippen MR) is 182 cm³/mol. The fourth-order valence-corrected chi connectivity index (χ4v) is 8.38. The molecule has 7 rings (SSSR count). The average Bonchev–Trinajstić information content (AvgIpc) is 3.52. The van der Waals surface area contributed by atoms with Crippen LogP contribution < -0.4 is 15.4 Å². The first-order chi connectivity index (χ1) is 22.6. The van der Waals surface area contributed by atoms with Gasteiger partial charge in [0.2, 0.25) is 0 Å². The van der Waals surface area contributed by atoms with Crippen LogP contribution in [-0.2, 0) is 12.8 Å². The first-order valence-electron chi connectivity index (χ1n) is 17.3. The van der Waals surface area contributed by atoms with Gasteiger partial charge < -0.3 is 15.4 Å². The lowest BCUT2D eigenvalue weighted by Gasteiger charge is -2.41. The van der Waals surface area contributed by atoms with E-state index >= 15 is 0 Å². The van der Waals surface area contributed by atoms with Crippen molar-refractivity contribution in [1.29, 1.82) is 5.26 Å². The Morgan fingerprint density at radius 3 is 2.66 bits per heavy atom. The Morgan fingerprint density at radius 2 is 1.96 bits per heavy atom. The maximum Gasteiger partial charge on any atom is 0.318 e. The van der Waals surface area contributed by atoms with E-state index in [4.69, 9.17) is 20.4 Å². The van der Waals surface area contributed by atoms with E-state index in [0.717, 1.165) is 79.9 Å². The molecule has 2 N–H and O–H groups in total. The van der Waals surface area contributed by atoms with Gasteiger partial charge in [0.25, 0.3) is 0 Å². The fourth-order valence-electron chi connectivity index (χ4n) is 8.38. The Morgan fingerprint density at radius 1 is 1.15 bits per heavy atom. The van der Waals surface area contributed by atoms with Gasteiger partial charge in [-0.05, 0) is 105 Å². The highest BCUT2D eigenvalue weighted by Crippen LogP contribution is 2.45. The Kier molecular flexibility index (Phi) is 9.70. The third-order valence-electron chi connectivity index (χ3n) is 11.0. The van der Waals surface area contributed by atoms with E-state index < -0.39 is 6.17 Å². The van der Waals surface area contributed by atoms with Crippen LogP contribution in [0.15, 0.2) is 36.4 Å². The molecule has 4 heterocycles. The normalized spacial score (nSPS) is 25.3. The lowest BCUT2D eigenvalue weighted by atomic mass is 9.73. The molecule has 4 atom stereocenters. The summed E-state index contributed by atoms with van der Waals surface area (Å²) in [5.74, 6) is 1.53. The smallest absolute Gasteiger partial charge is 0.318 e. The second-order valence-corrected chi connectivity index (χ2v) is 14.2. The molecule has 0 saturated carbocycles. The number of anilines is 2. The number of nitrogens with two attached hydrogens (primary N) is 1. The van der Waals surface area contributed by atoms with Gasteiger partial charge in [0.1, 0.15) is 23.9 Å². The average molecular weight is 643 g/mol. The summed E-state index contributed by atoms with van der Waals surface area (Å²) in [7, 11) is 1.60. The van der Waals surface area contributed by atoms with Crippen LogP contribution in [0.1, 0.15) is 111 Å². The van der Waals surface area contributed by atoms with Crippen molar-refractivity contribution in [2.75, 3.05) is 43.9 Å². The second kappa shape index (κ2) is 13.8. The number of hydrogen-bond donors (Lipinski definition) is 1. The molecule has 7 nitrogen and oxygen atoms in total. The summed E-state index contributed by atoms with van der Waals surface area (Å²) in [4.78, 5) is 14.2. The molecule has 3 aliphatic heterocycles. The molecule has 9 heteroatoms. The first-order valence-corrected chi connectivity index (χ1v) is 17.3. The van der Waals surface area contributed by atoms with Crippen LogP contribution in [-0.4, -0.2) is 59.9 Å². The van der Waals surface area contributed by atoms with Crippen LogP contribution in [0.5, 0.6) is 6.01 Å². The minimum absolute atomic E-state index is 0.156. The van der Waals surface area contributed by atoms with Gasteiger partial charge in [-0.3, -0.25) is 4.90 Å². The van der Waals surface area contributed by atoms with E-state index in [1.807, 2.05) is 12.1 Å². The maximum absolute atomic E-state index is 13.8. The van der Waals surface area contributed by atoms with E-state index in [0.29, 0.717) is 36.1 Å². The summed E-state index contributed by atoms with van der Waals surface area (Å²) in [6.07, 6.45) is 7.26. The summed E-state index contributed by atoms with van der Waals surface area (Å²) < 4.78 is 32.2. The fraction of sp³-hybridized carbons (Fsp3) is 0.553. The number of fused-ring (bicyclic) bond motifs is 2. The van der Waals surface area contributed by atoms with Crippen LogP contribution in [0.4, 0.5) is 20.3 Å². The Bertz CT molecular complexity index is 1640. The topological polar surface area (TPSA) is 91.3 Å². The second-order valence-electron chi connectivity index (χ2n) is 14.2. The van der Waals surface area contributed by atoms with Gasteiger partial charge >= 0.3 is 6.01 Å². The highest BCUT2D eigenvalue weighted by atomic mass is 19.1. The number of benzene rings is 2. The standard InChI is InChI=1S/C30H34FN5O.C8H14FN/c1-4-6-24-27(14-20-10-9-18(2)23-11-12-26(33)25(15-32)28(20)23)34-30(37-3)35-29(24)36-16-21(17-36)19-7-5-8-22(31)13-19;1-8-3-2-4-10(8)6-7(9)5-8/h5,7-8,11-13,18,20-21H,4,6,9-10,14,16-17,33H2,1-3H3;7H,2-6H2,1H3/t18-,20-;/m0./s1. The molecule has 2 unspecified atom stereocenters. The number of nitriles is 1. The molecule has 0 spiro atoms. The van der Waals surface area contributed by atoms with Crippen molar-refractivity contribution in [2.45, 2.75) is 102 Å². The molecule has 0 radical (unpaired) electrons. The zero-order valence-corrected chi connectivity index (χ0v) is 28.2. The Balaban J connectivity index is 0.000000327. The molecule has 1 aromatic heterocycles. The molecule has 47 heavy (non-hydrogen) atoms. The number of ether oxygens (including phenoxy) is 1. The molecular formula is C38H48F2N6O. The van der Waals surface area contributed by atoms with Crippen LogP contribution in [0.3, 0.4) is 0 Å². The number of halogens is 2. The van der Waals surface area contributed by atoms with Crippen molar-refractivity contribution in [3.63, 3.8) is 0 Å². The summed E-state index contributed by atoms with van der Waals surface area (Å²) in [5, 5.41) is 9.95. The van der Waals surface area contributed by atoms with Gasteiger partial charge in [0, 0.05) is 42.3 Å². The zero-order chi connectivity index (χ0) is 33.3. The van der Waals surface area contributed by atoms with Crippen LogP contribution >= 0.6 is 0 Å². The largest absolute Gasteiger partial charge is 0.467 e. The molecule has 0 bridgehead atoms. The molecule has 3 aromatic rings. The van der Waals surface area contributed by atoms with Crippen molar-refractivity contribution in [3.05, 3.63) is 75.7 Å². The molecule has 4 aliphatic rings. The van der Waals surface area contributed by atoms with Crippen molar-refractivity contribution < 1.29 is 13.5 Å². The number of methoxy groups -OCH3 is 1. The molecule has 1 aliphatic carbocycles. The molecular weight excluding hydrogens is 594 g/mol. The molecule has 2 aromatic carbocycles. The quantitative estimate of drug-likeness (QED) is 0.268. The van der Waals surface area contributed by atoms with E-state index in [2.05, 4.69) is 42.7 Å². The highest BCUT2D eigenvalue weighted by molar-refractivity contribution is 5.63. The number of alkyl halides is 1. The minimum Gasteiger partial charge on any atom is -0.467 e. The number of hydrogen-bond acceptors (Lipinski definition) is 7. The molecule has 3 fully saturated rings. The van der Waals surface area contributed by atoms with Gasteiger partial charge in [0.05, 0.1) is 18.4 Å². The minimum atomic E-state index is -0.551. The number of nitrogen functional groups attached to an aromatic ring is 1. The van der Waals surface area contributed by atoms with Crippen molar-refractivity contribution >= 4 is 11.5 Å². The van der Waals surface area contributed by atoms with Crippen molar-refractivity contribution in [1.82, 2.24) is 14.9 Å². The van der Waals surface area contributed by atoms with Crippen LogP contribution in [0.25, 0.3) is 0 Å². The number of rotatable bonds is 7. The number of nitrogens with zero attached hydrogens (tertiary/aromatic N) is 5. The lowest BCUT2D eigenvalue weighted by Crippen LogP contribution is -2.46. The molecule has 250 valence electrons. The van der Waals surface area contributed by atoms with Gasteiger partial charge in [0.15, 0.2) is 0 Å². The van der Waals surface area contributed by atoms with E-state index in [9.17, 15) is 14.0 Å². The monoisotopic (exact) mass is 642 g/mol. The summed E-state index contributed by atoms with van der Waals surface area (Å²) in [6, 6.07) is 13.6. The van der Waals surface area contributed by atoms with Crippen LogP contribution in [0, 0.1) is 17.1 Å². The van der Waals surface area contributed by atoms with Gasteiger partial charge in [-0.15, -0.1) is 0 Å². The summed E-state index contributed by atoms with van der Waals surface area (Å²) in [5.41, 5.74) is 13.1. The van der Waals surface area contributed by atoms with Gasteiger partial charge in [-0.2, -0.15) is 15.2 Å². The van der Waals surface area contributed by atoms with Crippen molar-refractivity contribution in [2.24, 2.45) is 0 Å². The molecule has 3 saturated heterocycles. The van der Waals surface area contributed by atoms with E-state index in [1.165, 1.54) is 24.5 Å². The predicted octanol–water partition coefficient (Wildman–Crippen LogP) is 7.44. The third kappa shape index (κ3) is 6.67. The third-order valence-corrected chi connectivity index (χ3v) is 11.0. The number of aromatic nitrogens is 2. The first kappa shape index (κ1) is 33.1. The Hall–Kier alpha value is -3.77. The maximum atomic E-state index is 13.8. The zero-order valence-electron chi connectivity index (χ0n) is 28.2.